The number of nitrogens with one attached hydrogen (secondary N) is 1. The van der Waals surface area contributed by atoms with Crippen LogP contribution in [0.1, 0.15) is 72.4 Å². The minimum Gasteiger partial charge on any atom is -0.478 e. The average Bonchev–Trinajstić information content (AvgIpc) is 3.41. The lowest BCUT2D eigenvalue weighted by molar-refractivity contribution is -0.139. The second kappa shape index (κ2) is 14.6. The van der Waals surface area contributed by atoms with Gasteiger partial charge in [0, 0.05) is 43.6 Å². The second-order valence-electron chi connectivity index (χ2n) is 9.55. The van der Waals surface area contributed by atoms with Crippen LogP contribution >= 0.6 is 0 Å². The molecule has 10 heteroatoms. The third kappa shape index (κ3) is 7.64. The van der Waals surface area contributed by atoms with E-state index < -0.39 is 11.9 Å². The number of ether oxygens (including phenoxy) is 2. The van der Waals surface area contributed by atoms with Gasteiger partial charge in [0.15, 0.2) is 0 Å². The lowest BCUT2D eigenvalue weighted by Gasteiger charge is -2.36. The Labute approximate surface area is 224 Å². The molecule has 1 aromatic heterocycles. The second-order valence-corrected chi connectivity index (χ2v) is 9.55. The number of methoxy groups -OCH3 is 1. The minimum absolute atomic E-state index is 0.0438. The maximum Gasteiger partial charge on any atom is 0.337 e. The zero-order valence-corrected chi connectivity index (χ0v) is 22.7. The molecular weight excluding hydrogens is 488 g/mol. The maximum absolute atomic E-state index is 13.7. The first-order valence-corrected chi connectivity index (χ1v) is 13.5. The molecule has 3 rings (SSSR count). The van der Waals surface area contributed by atoms with Crippen LogP contribution in [0.4, 0.5) is 0 Å². The van der Waals surface area contributed by atoms with Crippen molar-refractivity contribution in [3.05, 3.63) is 41.2 Å². The lowest BCUT2D eigenvalue weighted by atomic mass is 10.0. The molecule has 38 heavy (non-hydrogen) atoms. The molecule has 2 N–H and O–H groups in total. The molecule has 1 saturated heterocycles. The van der Waals surface area contributed by atoms with Gasteiger partial charge in [-0.2, -0.15) is 0 Å². The molecule has 1 unspecified atom stereocenters. The number of aromatic carboxylic acids is 1. The van der Waals surface area contributed by atoms with E-state index in [2.05, 4.69) is 28.7 Å². The van der Waals surface area contributed by atoms with Crippen LogP contribution in [0.3, 0.4) is 0 Å². The number of amides is 1. The van der Waals surface area contributed by atoms with Crippen LogP contribution in [0.15, 0.2) is 24.4 Å². The van der Waals surface area contributed by atoms with Crippen molar-refractivity contribution in [1.29, 1.82) is 0 Å². The third-order valence-electron chi connectivity index (χ3n) is 6.89. The van der Waals surface area contributed by atoms with Gasteiger partial charge in [-0.25, -0.2) is 14.6 Å². The number of rotatable bonds is 14. The molecule has 2 heterocycles. The first-order chi connectivity index (χ1) is 18.4. The van der Waals surface area contributed by atoms with Crippen molar-refractivity contribution in [3.63, 3.8) is 0 Å². The number of hydrogen-bond donors (Lipinski definition) is 2. The number of aromatic nitrogens is 2. The molecule has 0 spiro atoms. The summed E-state index contributed by atoms with van der Waals surface area (Å²) in [6.07, 6.45) is 6.91. The van der Waals surface area contributed by atoms with Crippen LogP contribution in [0.25, 0.3) is 11.4 Å². The predicted octanol–water partition coefficient (Wildman–Crippen LogP) is 3.62. The van der Waals surface area contributed by atoms with E-state index in [0.29, 0.717) is 50.5 Å². The molecule has 2 aromatic rings. The number of aryl methyl sites for hydroxylation is 1. The van der Waals surface area contributed by atoms with Gasteiger partial charge in [0.05, 0.1) is 37.5 Å². The van der Waals surface area contributed by atoms with E-state index in [1.54, 1.807) is 12.3 Å². The number of carbonyl (C=O) groups is 3. The van der Waals surface area contributed by atoms with E-state index in [1.165, 1.54) is 19.2 Å². The fraction of sp³-hybridized carbons (Fsp3) is 0.571. The Bertz CT molecular complexity index is 1070. The molecule has 208 valence electrons. The van der Waals surface area contributed by atoms with Crippen molar-refractivity contribution in [2.45, 2.75) is 58.4 Å². The first kappa shape index (κ1) is 29.3. The number of carboxylic acids is 1. The van der Waals surface area contributed by atoms with Crippen LogP contribution < -0.4 is 0 Å². The Morgan fingerprint density at radius 2 is 1.84 bits per heavy atom. The van der Waals surface area contributed by atoms with E-state index in [1.807, 2.05) is 4.90 Å². The molecule has 0 radical (unpaired) electrons. The third-order valence-corrected chi connectivity index (χ3v) is 6.89. The molecule has 0 aliphatic carbocycles. The van der Waals surface area contributed by atoms with Gasteiger partial charge >= 0.3 is 11.9 Å². The predicted molar refractivity (Wildman–Crippen MR) is 143 cm³/mol. The van der Waals surface area contributed by atoms with Crippen LogP contribution in [0.2, 0.25) is 0 Å². The summed E-state index contributed by atoms with van der Waals surface area (Å²) in [5.74, 6) is -1.21. The molecule has 1 fully saturated rings. The summed E-state index contributed by atoms with van der Waals surface area (Å²) in [6.45, 7) is 8.47. The number of carbonyl (C=O) groups excluding carboxylic acids is 2. The Kier molecular flexibility index (Phi) is 11.3. The molecule has 1 aliphatic rings. The lowest BCUT2D eigenvalue weighted by Crippen LogP contribution is -2.52. The van der Waals surface area contributed by atoms with Gasteiger partial charge in [-0.3, -0.25) is 9.69 Å². The number of H-pyrrole nitrogens is 1. The van der Waals surface area contributed by atoms with Crippen LogP contribution in [0.5, 0.6) is 0 Å². The van der Waals surface area contributed by atoms with Crippen molar-refractivity contribution in [3.8, 4) is 11.4 Å². The Morgan fingerprint density at radius 3 is 2.45 bits per heavy atom. The van der Waals surface area contributed by atoms with Gasteiger partial charge < -0.3 is 24.5 Å². The number of unbranched alkanes of at least 4 members (excludes halogenated alkanes) is 2. The Hall–Kier alpha value is -3.24. The fourth-order valence-corrected chi connectivity index (χ4v) is 4.68. The summed E-state index contributed by atoms with van der Waals surface area (Å²) in [5, 5.41) is 9.72. The standard InChI is InChI=1S/C28H40N4O6/c1-4-6-12-32(13-7-5-2)26(33)24(31-14-16-38-17-15-31)11-9-21-19-29-25(30-21)22-10-8-20(28(36)37-3)18-23(22)27(34)35/h8,10,18-19,24H,4-7,9,11-17H2,1-3H3,(H,29,30)(H,34,35). The van der Waals surface area contributed by atoms with Gasteiger partial charge in [-0.05, 0) is 43.9 Å². The summed E-state index contributed by atoms with van der Waals surface area (Å²) in [4.78, 5) is 49.4. The summed E-state index contributed by atoms with van der Waals surface area (Å²) >= 11 is 0. The zero-order chi connectivity index (χ0) is 27.5. The Balaban J connectivity index is 1.79. The highest BCUT2D eigenvalue weighted by Gasteiger charge is 2.30. The van der Waals surface area contributed by atoms with E-state index in [-0.39, 0.29) is 23.1 Å². The van der Waals surface area contributed by atoms with E-state index in [9.17, 15) is 19.5 Å². The SMILES string of the molecule is CCCCN(CCCC)C(=O)C(CCc1cnc(-c2ccc(C(=O)OC)cc2C(=O)O)[nH]1)N1CCOCC1. The van der Waals surface area contributed by atoms with Crippen molar-refractivity contribution >= 4 is 17.8 Å². The number of esters is 1. The van der Waals surface area contributed by atoms with E-state index in [0.717, 1.165) is 44.5 Å². The smallest absolute Gasteiger partial charge is 0.337 e. The fourth-order valence-electron chi connectivity index (χ4n) is 4.68. The molecule has 1 aromatic carbocycles. The number of aromatic amines is 1. The normalized spacial score (nSPS) is 14.7. The minimum atomic E-state index is -1.17. The molecule has 1 amide bonds. The molecule has 1 aliphatic heterocycles. The topological polar surface area (TPSA) is 125 Å². The zero-order valence-electron chi connectivity index (χ0n) is 22.7. The van der Waals surface area contributed by atoms with E-state index in [4.69, 9.17) is 9.47 Å². The van der Waals surface area contributed by atoms with Crippen LogP contribution in [0, 0.1) is 0 Å². The molecule has 0 saturated carbocycles. The van der Waals surface area contributed by atoms with Crippen molar-refractivity contribution < 1.29 is 29.0 Å². The highest BCUT2D eigenvalue weighted by Crippen LogP contribution is 2.24. The number of hydrogen-bond acceptors (Lipinski definition) is 7. The van der Waals surface area contributed by atoms with Gasteiger partial charge in [0.25, 0.3) is 0 Å². The van der Waals surface area contributed by atoms with Crippen molar-refractivity contribution in [1.82, 2.24) is 19.8 Å². The summed E-state index contributed by atoms with van der Waals surface area (Å²) < 4.78 is 10.2. The van der Waals surface area contributed by atoms with Crippen molar-refractivity contribution in [2.75, 3.05) is 46.5 Å². The molecule has 0 bridgehead atoms. The molecule has 1 atom stereocenters. The van der Waals surface area contributed by atoms with Crippen molar-refractivity contribution in [2.24, 2.45) is 0 Å². The monoisotopic (exact) mass is 528 g/mol. The average molecular weight is 529 g/mol. The summed E-state index contributed by atoms with van der Waals surface area (Å²) in [7, 11) is 1.25. The maximum atomic E-state index is 13.7. The highest BCUT2D eigenvalue weighted by atomic mass is 16.5. The quantitative estimate of drug-likeness (QED) is 0.356. The van der Waals surface area contributed by atoms with Gasteiger partial charge in [0.1, 0.15) is 5.82 Å². The largest absolute Gasteiger partial charge is 0.478 e. The molecule has 10 nitrogen and oxygen atoms in total. The number of morpholine rings is 1. The summed E-state index contributed by atoms with van der Waals surface area (Å²) in [6, 6.07) is 4.11. The molecular formula is C28H40N4O6. The number of imidazole rings is 1. The van der Waals surface area contributed by atoms with Crippen LogP contribution in [-0.2, 0) is 20.7 Å². The number of carboxylic acid groups (broad SMARTS) is 1. The van der Waals surface area contributed by atoms with Gasteiger partial charge in [0.2, 0.25) is 5.91 Å². The Morgan fingerprint density at radius 1 is 1.16 bits per heavy atom. The number of benzene rings is 1. The summed E-state index contributed by atoms with van der Waals surface area (Å²) in [5.41, 5.74) is 1.30. The van der Waals surface area contributed by atoms with Gasteiger partial charge in [-0.15, -0.1) is 0 Å². The first-order valence-electron chi connectivity index (χ1n) is 13.5. The van der Waals surface area contributed by atoms with Crippen LogP contribution in [-0.4, -0.2) is 95.3 Å². The number of nitrogens with zero attached hydrogens (tertiary/aromatic N) is 3. The van der Waals surface area contributed by atoms with Gasteiger partial charge in [-0.1, -0.05) is 26.7 Å². The van der Waals surface area contributed by atoms with E-state index >= 15 is 0 Å². The highest BCUT2D eigenvalue weighted by molar-refractivity contribution is 5.99.